The van der Waals surface area contributed by atoms with Crippen molar-refractivity contribution in [3.05, 3.63) is 56.8 Å². The number of hydrogen-bond donors (Lipinski definition) is 3. The number of carboxylic acid groups (broad SMARTS) is 1. The van der Waals surface area contributed by atoms with Gasteiger partial charge >= 0.3 is 0 Å². The Morgan fingerprint density at radius 3 is 2.71 bits per heavy atom. The van der Waals surface area contributed by atoms with Crippen LogP contribution in [0.4, 0.5) is 4.39 Å². The summed E-state index contributed by atoms with van der Waals surface area (Å²) in [6.45, 7) is 1.87. The minimum absolute atomic E-state index is 0.0297. The lowest BCUT2D eigenvalue weighted by atomic mass is 9.87. The Bertz CT molecular complexity index is 755. The number of H-pyrrole nitrogens is 1. The van der Waals surface area contributed by atoms with Crippen LogP contribution in [-0.4, -0.2) is 22.8 Å². The molecule has 2 unspecified atom stereocenters. The van der Waals surface area contributed by atoms with Gasteiger partial charge in [0, 0.05) is 30.0 Å². The zero-order valence-corrected chi connectivity index (χ0v) is 13.8. The van der Waals surface area contributed by atoms with Crippen LogP contribution in [0.2, 0.25) is 5.02 Å². The van der Waals surface area contributed by atoms with Gasteiger partial charge in [-0.3, -0.25) is 9.59 Å². The second kappa shape index (κ2) is 8.12. The molecule has 0 spiro atoms. The quantitative estimate of drug-likeness (QED) is 0.768. The molecule has 130 valence electrons. The van der Waals surface area contributed by atoms with Crippen molar-refractivity contribution < 1.29 is 18.8 Å². The highest BCUT2D eigenvalue weighted by molar-refractivity contribution is 6.31. The largest absolute Gasteiger partial charge is 0.481 e. The maximum atomic E-state index is 13.1. The fraction of sp³-hybridized carbons (Fsp3) is 0.375. The van der Waals surface area contributed by atoms with Crippen LogP contribution in [0.5, 0.6) is 0 Å². The monoisotopic (exact) mass is 356 g/mol. The van der Waals surface area contributed by atoms with Crippen molar-refractivity contribution in [2.75, 3.05) is 6.54 Å². The summed E-state index contributed by atoms with van der Waals surface area (Å²) in [6.07, 6.45) is 1.64. The highest BCUT2D eigenvalue weighted by Gasteiger charge is 2.27. The fourth-order valence-corrected chi connectivity index (χ4v) is 2.99. The smallest absolute Gasteiger partial charge is 0.300 e. The fourth-order valence-electron chi connectivity index (χ4n) is 2.70. The first-order valence-corrected chi connectivity index (χ1v) is 7.81. The molecule has 0 amide bonds. The number of halogens is 2. The van der Waals surface area contributed by atoms with Crippen molar-refractivity contribution in [2.24, 2.45) is 0 Å². The molecule has 24 heavy (non-hydrogen) atoms. The Morgan fingerprint density at radius 1 is 1.42 bits per heavy atom. The highest BCUT2D eigenvalue weighted by Crippen LogP contribution is 2.36. The molecule has 1 aliphatic heterocycles. The number of carboxylic acids is 1. The summed E-state index contributed by atoms with van der Waals surface area (Å²) in [4.78, 5) is 20.1. The molecule has 0 bridgehead atoms. The number of carbonyl (C=O) groups is 1. The van der Waals surface area contributed by atoms with Crippen molar-refractivity contribution in [3.8, 4) is 0 Å². The van der Waals surface area contributed by atoms with Crippen molar-refractivity contribution in [2.45, 2.75) is 31.7 Å². The van der Waals surface area contributed by atoms with Gasteiger partial charge in [-0.2, -0.15) is 5.16 Å². The highest BCUT2D eigenvalue weighted by atomic mass is 35.5. The van der Waals surface area contributed by atoms with Crippen molar-refractivity contribution >= 4 is 17.6 Å². The van der Waals surface area contributed by atoms with Crippen molar-refractivity contribution in [1.82, 2.24) is 10.5 Å². The average Bonchev–Trinajstić information content (AvgIpc) is 2.93. The van der Waals surface area contributed by atoms with E-state index in [1.807, 2.05) is 0 Å². The van der Waals surface area contributed by atoms with Gasteiger partial charge in [-0.25, -0.2) is 4.39 Å². The molecule has 1 aliphatic rings. The van der Waals surface area contributed by atoms with Crippen LogP contribution in [0.15, 0.2) is 33.6 Å². The molecule has 3 rings (SSSR count). The van der Waals surface area contributed by atoms with Crippen molar-refractivity contribution in [3.63, 3.8) is 0 Å². The number of rotatable bonds is 2. The Labute approximate surface area is 142 Å². The van der Waals surface area contributed by atoms with E-state index in [2.05, 4.69) is 10.5 Å². The molecule has 2 heterocycles. The third kappa shape index (κ3) is 4.94. The third-order valence-corrected chi connectivity index (χ3v) is 4.01. The van der Waals surface area contributed by atoms with E-state index < -0.39 is 5.97 Å². The Kier molecular flexibility index (Phi) is 6.16. The molecule has 1 aromatic heterocycles. The van der Waals surface area contributed by atoms with E-state index in [1.54, 1.807) is 6.07 Å². The van der Waals surface area contributed by atoms with E-state index in [0.29, 0.717) is 10.8 Å². The predicted octanol–water partition coefficient (Wildman–Crippen LogP) is 3.06. The SMILES string of the molecule is CC(=O)O.O=c1cc(C2CCNC(c3ccc(F)cc3Cl)C2)o[nH]1. The van der Waals surface area contributed by atoms with Gasteiger partial charge in [0.2, 0.25) is 0 Å². The third-order valence-electron chi connectivity index (χ3n) is 3.69. The lowest BCUT2D eigenvalue weighted by molar-refractivity contribution is -0.134. The molecule has 6 nitrogen and oxygen atoms in total. The Morgan fingerprint density at radius 2 is 2.12 bits per heavy atom. The van der Waals surface area contributed by atoms with E-state index in [1.165, 1.54) is 18.2 Å². The van der Waals surface area contributed by atoms with Crippen LogP contribution in [-0.2, 0) is 4.79 Å². The molecule has 1 fully saturated rings. The second-order valence-corrected chi connectivity index (χ2v) is 5.94. The standard InChI is InChI=1S/C14H14ClFN2O2.C2H4O2/c15-11-6-9(16)1-2-10(11)12-5-8(3-4-17-12)13-7-14(19)18-20-13;1-2(3)4/h1-2,6-8,12,17H,3-5H2,(H,18,19);1H3,(H,3,4). The van der Waals surface area contributed by atoms with E-state index in [4.69, 9.17) is 26.0 Å². The number of piperidine rings is 1. The summed E-state index contributed by atoms with van der Waals surface area (Å²) in [5, 5.41) is 13.5. The molecule has 8 heteroatoms. The average molecular weight is 357 g/mol. The maximum absolute atomic E-state index is 13.1. The van der Waals surface area contributed by atoms with Gasteiger partial charge in [-0.1, -0.05) is 17.7 Å². The van der Waals surface area contributed by atoms with Crippen LogP contribution in [0.1, 0.15) is 43.0 Å². The predicted molar refractivity (Wildman–Crippen MR) is 86.8 cm³/mol. The van der Waals surface area contributed by atoms with Crippen LogP contribution >= 0.6 is 11.6 Å². The maximum Gasteiger partial charge on any atom is 0.300 e. The van der Waals surface area contributed by atoms with Gasteiger partial charge in [-0.15, -0.1) is 0 Å². The molecule has 0 radical (unpaired) electrons. The number of nitrogens with one attached hydrogen (secondary N) is 2. The first-order valence-electron chi connectivity index (χ1n) is 7.43. The first-order chi connectivity index (χ1) is 11.4. The van der Waals surface area contributed by atoms with Crippen LogP contribution in [0, 0.1) is 5.82 Å². The molecule has 0 saturated carbocycles. The van der Waals surface area contributed by atoms with Gasteiger partial charge in [0.1, 0.15) is 11.6 Å². The van der Waals surface area contributed by atoms with Gasteiger partial charge < -0.3 is 14.9 Å². The second-order valence-electron chi connectivity index (χ2n) is 5.53. The van der Waals surface area contributed by atoms with E-state index in [9.17, 15) is 9.18 Å². The molecule has 3 N–H and O–H groups in total. The number of aromatic amines is 1. The van der Waals surface area contributed by atoms with Gasteiger partial charge in [0.15, 0.2) is 0 Å². The minimum Gasteiger partial charge on any atom is -0.481 e. The van der Waals surface area contributed by atoms with E-state index in [0.717, 1.165) is 31.9 Å². The number of aromatic nitrogens is 1. The molecule has 1 aromatic carbocycles. The van der Waals surface area contributed by atoms with Gasteiger partial charge in [-0.05, 0) is 37.1 Å². The van der Waals surface area contributed by atoms with Crippen LogP contribution in [0.3, 0.4) is 0 Å². The Balaban J connectivity index is 0.000000471. The summed E-state index contributed by atoms with van der Waals surface area (Å²) in [5.74, 6) is -0.358. The van der Waals surface area contributed by atoms with Crippen molar-refractivity contribution in [1.29, 1.82) is 0 Å². The van der Waals surface area contributed by atoms with Gasteiger partial charge in [0.25, 0.3) is 11.5 Å². The normalized spacial score (nSPS) is 20.1. The lowest BCUT2D eigenvalue weighted by Crippen LogP contribution is -2.31. The number of hydrogen-bond acceptors (Lipinski definition) is 4. The summed E-state index contributed by atoms with van der Waals surface area (Å²) < 4.78 is 18.3. The van der Waals surface area contributed by atoms with E-state index in [-0.39, 0.29) is 23.3 Å². The molecular weight excluding hydrogens is 339 g/mol. The number of benzene rings is 1. The molecule has 1 saturated heterocycles. The first kappa shape index (κ1) is 18.2. The molecule has 2 aromatic rings. The zero-order valence-electron chi connectivity index (χ0n) is 13.0. The number of aliphatic carboxylic acids is 1. The van der Waals surface area contributed by atoms with E-state index >= 15 is 0 Å². The Hall–Kier alpha value is -2.12. The molecule has 0 aliphatic carbocycles. The van der Waals surface area contributed by atoms with Crippen LogP contribution < -0.4 is 10.9 Å². The lowest BCUT2D eigenvalue weighted by Gasteiger charge is -2.29. The van der Waals surface area contributed by atoms with Gasteiger partial charge in [0.05, 0.1) is 0 Å². The summed E-state index contributed by atoms with van der Waals surface area (Å²) in [7, 11) is 0. The molecule has 2 atom stereocenters. The summed E-state index contributed by atoms with van der Waals surface area (Å²) >= 11 is 6.10. The summed E-state index contributed by atoms with van der Waals surface area (Å²) in [5.41, 5.74) is 0.644. The van der Waals surface area contributed by atoms with Crippen LogP contribution in [0.25, 0.3) is 0 Å². The molecular formula is C16H18ClFN2O4. The summed E-state index contributed by atoms with van der Waals surface area (Å²) in [6, 6.07) is 5.94. The zero-order chi connectivity index (χ0) is 17.7. The topological polar surface area (TPSA) is 95.3 Å². The minimum atomic E-state index is -0.833.